The van der Waals surface area contributed by atoms with E-state index < -0.39 is 11.7 Å². The summed E-state index contributed by atoms with van der Waals surface area (Å²) in [5.74, 6) is 0.589. The quantitative estimate of drug-likeness (QED) is 0.529. The molecule has 0 amide bonds. The highest BCUT2D eigenvalue weighted by molar-refractivity contribution is 5.95. The van der Waals surface area contributed by atoms with E-state index in [-0.39, 0.29) is 11.6 Å². The van der Waals surface area contributed by atoms with Gasteiger partial charge in [0.15, 0.2) is 5.82 Å². The number of aryl methyl sites for hydroxylation is 1. The Bertz CT molecular complexity index is 1230. The Morgan fingerprint density at radius 1 is 1.00 bits per heavy atom. The van der Waals surface area contributed by atoms with Gasteiger partial charge in [0.2, 0.25) is 0 Å². The maximum atomic E-state index is 13.4. The van der Waals surface area contributed by atoms with E-state index in [2.05, 4.69) is 50.6 Å². The first-order valence-electron chi connectivity index (χ1n) is 11.8. The summed E-state index contributed by atoms with van der Waals surface area (Å²) in [5.41, 5.74) is 2.21. The van der Waals surface area contributed by atoms with Crippen molar-refractivity contribution in [3.8, 4) is 0 Å². The van der Waals surface area contributed by atoms with Crippen LogP contribution >= 0.6 is 0 Å². The molecular weight excluding hydrogens is 439 g/mol. The average Bonchev–Trinajstić information content (AvgIpc) is 2.80. The number of hydrogen-bond acceptors (Lipinski definition) is 5. The van der Waals surface area contributed by atoms with Crippen LogP contribution in [0.2, 0.25) is 0 Å². The van der Waals surface area contributed by atoms with E-state index in [1.165, 1.54) is 25.8 Å². The molecule has 0 aliphatic carbocycles. The lowest BCUT2D eigenvalue weighted by molar-refractivity contribution is -0.138. The van der Waals surface area contributed by atoms with Gasteiger partial charge in [-0.1, -0.05) is 18.2 Å². The molecule has 4 heterocycles. The SMILES string of the molecule is Cc1c(C(C)Nc2nnc(C)c3ccc(N4C[C@@H]5CC[C@H]4CN5C)cc23)cccc1C(F)(F)F. The second-order valence-electron chi connectivity index (χ2n) is 9.72. The molecule has 3 fully saturated rings. The van der Waals surface area contributed by atoms with Crippen LogP contribution in [-0.4, -0.2) is 47.3 Å². The van der Waals surface area contributed by atoms with Gasteiger partial charge in [0.05, 0.1) is 17.3 Å². The fourth-order valence-electron chi connectivity index (χ4n) is 5.63. The zero-order chi connectivity index (χ0) is 24.2. The lowest BCUT2D eigenvalue weighted by atomic mass is 9.90. The van der Waals surface area contributed by atoms with E-state index in [9.17, 15) is 13.2 Å². The van der Waals surface area contributed by atoms with Crippen LogP contribution in [0.1, 0.15) is 48.2 Å². The van der Waals surface area contributed by atoms with Gasteiger partial charge in [-0.2, -0.15) is 18.3 Å². The van der Waals surface area contributed by atoms with E-state index >= 15 is 0 Å². The van der Waals surface area contributed by atoms with Crippen LogP contribution in [-0.2, 0) is 6.18 Å². The summed E-state index contributed by atoms with van der Waals surface area (Å²) in [6, 6.07) is 11.4. The van der Waals surface area contributed by atoms with Crippen LogP contribution in [0, 0.1) is 13.8 Å². The first-order valence-corrected chi connectivity index (χ1v) is 11.8. The topological polar surface area (TPSA) is 44.3 Å². The maximum Gasteiger partial charge on any atom is 0.416 e. The van der Waals surface area contributed by atoms with E-state index in [1.54, 1.807) is 6.07 Å². The van der Waals surface area contributed by atoms with Gasteiger partial charge in [-0.3, -0.25) is 4.90 Å². The standard InChI is InChI=1S/C26H30F3N5/c1-15-21(6-5-7-24(15)26(27,28)29)16(2)30-25-23-12-18(10-11-22(23)17(3)31-32-25)34-14-19-8-9-20(34)13-33(19)4/h5-7,10-12,16,19-20H,8-9,13-14H2,1-4H3,(H,30,32)/t16?,19-,20-/m0/s1. The minimum Gasteiger partial charge on any atom is -0.366 e. The smallest absolute Gasteiger partial charge is 0.366 e. The third-order valence-corrected chi connectivity index (χ3v) is 7.58. The number of hydrogen-bond donors (Lipinski definition) is 1. The molecule has 1 aromatic heterocycles. The Morgan fingerprint density at radius 3 is 2.44 bits per heavy atom. The molecule has 8 heteroatoms. The largest absolute Gasteiger partial charge is 0.416 e. The molecule has 0 saturated carbocycles. The van der Waals surface area contributed by atoms with Crippen LogP contribution < -0.4 is 10.2 Å². The van der Waals surface area contributed by atoms with E-state index in [1.807, 2.05) is 13.8 Å². The summed E-state index contributed by atoms with van der Waals surface area (Å²) < 4.78 is 40.3. The fourth-order valence-corrected chi connectivity index (χ4v) is 5.63. The first-order chi connectivity index (χ1) is 16.1. The third kappa shape index (κ3) is 3.98. The summed E-state index contributed by atoms with van der Waals surface area (Å²) in [6.07, 6.45) is -1.96. The summed E-state index contributed by atoms with van der Waals surface area (Å²) in [5, 5.41) is 14.0. The van der Waals surface area contributed by atoms with Crippen molar-refractivity contribution in [3.63, 3.8) is 0 Å². The number of fused-ring (bicyclic) bond motifs is 4. The third-order valence-electron chi connectivity index (χ3n) is 7.58. The number of benzene rings is 2. The zero-order valence-corrected chi connectivity index (χ0v) is 19.9. The minimum atomic E-state index is -4.38. The number of rotatable bonds is 4. The van der Waals surface area contributed by atoms with Crippen molar-refractivity contribution in [2.45, 2.75) is 57.9 Å². The van der Waals surface area contributed by atoms with Gasteiger partial charge in [-0.15, -0.1) is 5.10 Å². The zero-order valence-electron chi connectivity index (χ0n) is 19.9. The molecule has 1 unspecified atom stereocenters. The fraction of sp³-hybridized carbons (Fsp3) is 0.462. The highest BCUT2D eigenvalue weighted by Crippen LogP contribution is 2.37. The number of piperazine rings is 1. The molecule has 180 valence electrons. The molecule has 2 aromatic carbocycles. The van der Waals surface area contributed by atoms with Gasteiger partial charge in [0.25, 0.3) is 0 Å². The van der Waals surface area contributed by atoms with Gasteiger partial charge in [-0.05, 0) is 70.0 Å². The second-order valence-corrected chi connectivity index (χ2v) is 9.72. The molecule has 3 aliphatic rings. The monoisotopic (exact) mass is 469 g/mol. The van der Waals surface area contributed by atoms with E-state index in [4.69, 9.17) is 0 Å². The van der Waals surface area contributed by atoms with Crippen molar-refractivity contribution < 1.29 is 13.2 Å². The first kappa shape index (κ1) is 22.9. The molecule has 34 heavy (non-hydrogen) atoms. The van der Waals surface area contributed by atoms with Crippen LogP contribution in [0.25, 0.3) is 10.8 Å². The number of piperidine rings is 2. The highest BCUT2D eigenvalue weighted by atomic mass is 19.4. The van der Waals surface area contributed by atoms with Crippen LogP contribution in [0.4, 0.5) is 24.7 Å². The Balaban J connectivity index is 1.50. The number of nitrogens with zero attached hydrogens (tertiary/aromatic N) is 4. The Morgan fingerprint density at radius 2 is 1.76 bits per heavy atom. The number of halogens is 3. The maximum absolute atomic E-state index is 13.4. The molecule has 6 rings (SSSR count). The van der Waals surface area contributed by atoms with Gasteiger partial charge in [0, 0.05) is 41.6 Å². The number of aromatic nitrogens is 2. The van der Waals surface area contributed by atoms with E-state index in [0.29, 0.717) is 23.5 Å². The van der Waals surface area contributed by atoms with Gasteiger partial charge < -0.3 is 10.2 Å². The van der Waals surface area contributed by atoms with Crippen molar-refractivity contribution in [2.75, 3.05) is 30.4 Å². The normalized spacial score (nSPS) is 21.8. The molecule has 5 nitrogen and oxygen atoms in total. The molecule has 3 saturated heterocycles. The predicted octanol–water partition coefficient (Wildman–Crippen LogP) is 5.72. The van der Waals surface area contributed by atoms with Crippen LogP contribution in [0.3, 0.4) is 0 Å². The van der Waals surface area contributed by atoms with Gasteiger partial charge >= 0.3 is 6.18 Å². The molecular formula is C26H30F3N5. The minimum absolute atomic E-state index is 0.230. The molecule has 3 aromatic rings. The highest BCUT2D eigenvalue weighted by Gasteiger charge is 2.37. The summed E-state index contributed by atoms with van der Waals surface area (Å²) in [7, 11) is 2.20. The predicted molar refractivity (Wildman–Crippen MR) is 129 cm³/mol. The number of alkyl halides is 3. The van der Waals surface area contributed by atoms with Gasteiger partial charge in [0.1, 0.15) is 0 Å². The van der Waals surface area contributed by atoms with Crippen molar-refractivity contribution in [3.05, 3.63) is 58.8 Å². The molecule has 3 aliphatic heterocycles. The van der Waals surface area contributed by atoms with Crippen LogP contribution in [0.5, 0.6) is 0 Å². The molecule has 3 atom stereocenters. The van der Waals surface area contributed by atoms with Gasteiger partial charge in [-0.25, -0.2) is 0 Å². The Labute approximate surface area is 198 Å². The van der Waals surface area contributed by atoms with E-state index in [0.717, 1.165) is 41.3 Å². The second kappa shape index (κ2) is 8.41. The summed E-state index contributed by atoms with van der Waals surface area (Å²) in [6.45, 7) is 7.38. The molecule has 2 bridgehead atoms. The summed E-state index contributed by atoms with van der Waals surface area (Å²) >= 11 is 0. The van der Waals surface area contributed by atoms with Crippen LogP contribution in [0.15, 0.2) is 36.4 Å². The van der Waals surface area contributed by atoms with Crippen molar-refractivity contribution in [1.82, 2.24) is 15.1 Å². The number of likely N-dealkylation sites (N-methyl/N-ethyl adjacent to an activating group) is 1. The molecule has 1 N–H and O–H groups in total. The lowest BCUT2D eigenvalue weighted by Crippen LogP contribution is -2.61. The molecule has 0 radical (unpaired) electrons. The number of nitrogens with one attached hydrogen (secondary N) is 1. The lowest BCUT2D eigenvalue weighted by Gasteiger charge is -2.51. The molecule has 0 spiro atoms. The van der Waals surface area contributed by atoms with Crippen molar-refractivity contribution in [2.24, 2.45) is 0 Å². The summed E-state index contributed by atoms with van der Waals surface area (Å²) in [4.78, 5) is 4.95. The van der Waals surface area contributed by atoms with Crippen molar-refractivity contribution in [1.29, 1.82) is 0 Å². The Kier molecular flexibility index (Phi) is 5.67. The Hall–Kier alpha value is -2.87. The number of anilines is 2. The van der Waals surface area contributed by atoms with Crippen molar-refractivity contribution >= 4 is 22.3 Å². The average molecular weight is 470 g/mol.